The third kappa shape index (κ3) is 7.23. The lowest BCUT2D eigenvalue weighted by Crippen LogP contribution is -2.48. The van der Waals surface area contributed by atoms with E-state index >= 15 is 0 Å². The van der Waals surface area contributed by atoms with Crippen molar-refractivity contribution in [2.75, 3.05) is 44.6 Å². The minimum Gasteiger partial charge on any atom is -0.447 e. The number of aromatic nitrogens is 1. The van der Waals surface area contributed by atoms with Gasteiger partial charge >= 0.3 is 0 Å². The Labute approximate surface area is 200 Å². The number of oxazole rings is 1. The summed E-state index contributed by atoms with van der Waals surface area (Å²) in [6.45, 7) is 7.30. The van der Waals surface area contributed by atoms with Crippen LogP contribution in [-0.2, 0) is 17.9 Å². The number of rotatable bonds is 10. The van der Waals surface area contributed by atoms with Crippen molar-refractivity contribution in [3.05, 3.63) is 83.6 Å². The second-order valence-corrected chi connectivity index (χ2v) is 8.68. The van der Waals surface area contributed by atoms with Gasteiger partial charge in [0.15, 0.2) is 5.69 Å². The second kappa shape index (κ2) is 11.9. The molecule has 1 aliphatic rings. The van der Waals surface area contributed by atoms with Gasteiger partial charge in [0.25, 0.3) is 5.91 Å². The summed E-state index contributed by atoms with van der Waals surface area (Å²) in [5, 5.41) is 13.2. The van der Waals surface area contributed by atoms with E-state index in [1.807, 2.05) is 61.5 Å². The number of aliphatic hydroxyl groups excluding tert-OH is 1. The van der Waals surface area contributed by atoms with Crippen molar-refractivity contribution in [2.24, 2.45) is 0 Å². The summed E-state index contributed by atoms with van der Waals surface area (Å²) in [5.41, 5.74) is 3.18. The number of hydrogen-bond acceptors (Lipinski definition) is 7. The maximum Gasteiger partial charge on any atom is 0.277 e. The van der Waals surface area contributed by atoms with Gasteiger partial charge in [-0.3, -0.25) is 14.6 Å². The molecule has 3 aromatic rings. The minimum absolute atomic E-state index is 0.272. The van der Waals surface area contributed by atoms with Crippen LogP contribution in [0.25, 0.3) is 0 Å². The van der Waals surface area contributed by atoms with Gasteiger partial charge in [-0.05, 0) is 30.2 Å². The molecule has 1 fully saturated rings. The van der Waals surface area contributed by atoms with Crippen LogP contribution in [0.1, 0.15) is 27.5 Å². The lowest BCUT2D eigenvalue weighted by atomic mass is 10.2. The Kier molecular flexibility index (Phi) is 8.43. The molecule has 180 valence electrons. The van der Waals surface area contributed by atoms with Gasteiger partial charge in [-0.2, -0.15) is 0 Å². The molecule has 0 saturated carbocycles. The molecule has 34 heavy (non-hydrogen) atoms. The number of β-amino-alcohol motifs (C(OH)–C–C–N with tert-alkyl or cyclic N) is 1. The Balaban J connectivity index is 1.16. The maximum absolute atomic E-state index is 12.4. The number of hydrogen-bond donors (Lipinski definition) is 2. The summed E-state index contributed by atoms with van der Waals surface area (Å²) in [7, 11) is 0. The lowest BCUT2D eigenvalue weighted by molar-refractivity contribution is 0.000371. The van der Waals surface area contributed by atoms with Crippen molar-refractivity contribution in [1.29, 1.82) is 0 Å². The van der Waals surface area contributed by atoms with Crippen LogP contribution in [0.2, 0.25) is 0 Å². The molecule has 2 aromatic carbocycles. The van der Waals surface area contributed by atoms with Crippen LogP contribution in [-0.4, -0.2) is 71.2 Å². The average Bonchev–Trinajstić information content (AvgIpc) is 3.30. The summed E-state index contributed by atoms with van der Waals surface area (Å²) >= 11 is 0. The van der Waals surface area contributed by atoms with Crippen molar-refractivity contribution in [2.45, 2.75) is 26.2 Å². The molecule has 0 spiro atoms. The largest absolute Gasteiger partial charge is 0.447 e. The normalized spacial score (nSPS) is 15.8. The Hall–Kier alpha value is -3.04. The molecule has 2 heterocycles. The van der Waals surface area contributed by atoms with E-state index in [9.17, 15) is 9.90 Å². The summed E-state index contributed by atoms with van der Waals surface area (Å²) in [5.74, 6) is 0.242. The Morgan fingerprint density at radius 3 is 2.65 bits per heavy atom. The zero-order valence-corrected chi connectivity index (χ0v) is 19.5. The van der Waals surface area contributed by atoms with E-state index in [-0.39, 0.29) is 11.6 Å². The number of carbonyl (C=O) groups excluding carboxylic acids is 1. The SMILES string of the molecule is Cc1cccc(NC(=O)c2coc(CN3CCN(CC(O)COCc4ccccc4)CC3)n2)c1. The van der Waals surface area contributed by atoms with Crippen molar-refractivity contribution in [1.82, 2.24) is 14.8 Å². The van der Waals surface area contributed by atoms with E-state index in [4.69, 9.17) is 9.15 Å². The minimum atomic E-state index is -0.517. The highest BCUT2D eigenvalue weighted by Crippen LogP contribution is 2.13. The first-order chi connectivity index (χ1) is 16.5. The van der Waals surface area contributed by atoms with Crippen molar-refractivity contribution in [3.8, 4) is 0 Å². The highest BCUT2D eigenvalue weighted by atomic mass is 16.5. The third-order valence-electron chi connectivity index (χ3n) is 5.77. The fourth-order valence-corrected chi connectivity index (χ4v) is 3.96. The van der Waals surface area contributed by atoms with Crippen LogP contribution in [0, 0.1) is 6.92 Å². The van der Waals surface area contributed by atoms with Crippen LogP contribution in [0.4, 0.5) is 5.69 Å². The molecular formula is C26H32N4O4. The number of piperazine rings is 1. The molecule has 2 N–H and O–H groups in total. The molecule has 0 bridgehead atoms. The number of ether oxygens (including phenoxy) is 1. The average molecular weight is 465 g/mol. The molecule has 1 aromatic heterocycles. The first kappa shape index (κ1) is 24.1. The smallest absolute Gasteiger partial charge is 0.277 e. The number of amides is 1. The molecule has 1 aliphatic heterocycles. The van der Waals surface area contributed by atoms with E-state index < -0.39 is 6.10 Å². The summed E-state index contributed by atoms with van der Waals surface area (Å²) in [6.07, 6.45) is 0.888. The first-order valence-electron chi connectivity index (χ1n) is 11.6. The fourth-order valence-electron chi connectivity index (χ4n) is 3.96. The van der Waals surface area contributed by atoms with E-state index in [0.29, 0.717) is 32.2 Å². The third-order valence-corrected chi connectivity index (χ3v) is 5.77. The topological polar surface area (TPSA) is 91.1 Å². The van der Waals surface area contributed by atoms with E-state index in [2.05, 4.69) is 20.1 Å². The van der Waals surface area contributed by atoms with Crippen LogP contribution in [0.5, 0.6) is 0 Å². The van der Waals surface area contributed by atoms with Crippen LogP contribution in [0.15, 0.2) is 65.3 Å². The van der Waals surface area contributed by atoms with Crippen molar-refractivity contribution in [3.63, 3.8) is 0 Å². The zero-order valence-electron chi connectivity index (χ0n) is 19.5. The number of anilines is 1. The number of nitrogens with zero attached hydrogens (tertiary/aromatic N) is 3. The van der Waals surface area contributed by atoms with Gasteiger partial charge in [0.05, 0.1) is 25.9 Å². The number of aryl methyl sites for hydroxylation is 1. The quantitative estimate of drug-likeness (QED) is 0.477. The number of aliphatic hydroxyl groups is 1. The molecular weight excluding hydrogens is 432 g/mol. The van der Waals surface area contributed by atoms with E-state index in [0.717, 1.165) is 43.0 Å². The maximum atomic E-state index is 12.4. The second-order valence-electron chi connectivity index (χ2n) is 8.68. The van der Waals surface area contributed by atoms with Crippen molar-refractivity contribution >= 4 is 11.6 Å². The summed E-state index contributed by atoms with van der Waals surface area (Å²) in [6, 6.07) is 17.6. The Morgan fingerprint density at radius 1 is 1.12 bits per heavy atom. The van der Waals surface area contributed by atoms with Gasteiger partial charge in [-0.15, -0.1) is 0 Å². The number of carbonyl (C=O) groups is 1. The van der Waals surface area contributed by atoms with Crippen LogP contribution < -0.4 is 5.32 Å². The first-order valence-corrected chi connectivity index (χ1v) is 11.6. The van der Waals surface area contributed by atoms with Gasteiger partial charge in [-0.25, -0.2) is 4.98 Å². The van der Waals surface area contributed by atoms with Crippen LogP contribution in [0.3, 0.4) is 0 Å². The molecule has 1 atom stereocenters. The standard InChI is InChI=1S/C26H32N4O4/c1-20-6-5-9-22(14-20)27-26(32)24-19-34-25(28-24)16-30-12-10-29(11-13-30)15-23(31)18-33-17-21-7-3-2-4-8-21/h2-9,14,19,23,31H,10-13,15-18H2,1H3,(H,27,32). The summed E-state index contributed by atoms with van der Waals surface area (Å²) in [4.78, 5) is 21.3. The van der Waals surface area contributed by atoms with Gasteiger partial charge in [0.1, 0.15) is 6.26 Å². The summed E-state index contributed by atoms with van der Waals surface area (Å²) < 4.78 is 11.2. The predicted molar refractivity (Wildman–Crippen MR) is 129 cm³/mol. The molecule has 8 nitrogen and oxygen atoms in total. The lowest BCUT2D eigenvalue weighted by Gasteiger charge is -2.34. The number of benzene rings is 2. The molecule has 1 unspecified atom stereocenters. The van der Waals surface area contributed by atoms with Crippen molar-refractivity contribution < 1.29 is 19.1 Å². The van der Waals surface area contributed by atoms with Crippen LogP contribution >= 0.6 is 0 Å². The molecule has 0 radical (unpaired) electrons. The monoisotopic (exact) mass is 464 g/mol. The Morgan fingerprint density at radius 2 is 1.88 bits per heavy atom. The van der Waals surface area contributed by atoms with Gasteiger partial charge in [-0.1, -0.05) is 42.5 Å². The highest BCUT2D eigenvalue weighted by Gasteiger charge is 2.21. The molecule has 8 heteroatoms. The Bertz CT molecular complexity index is 1050. The van der Waals surface area contributed by atoms with Gasteiger partial charge in [0.2, 0.25) is 5.89 Å². The number of nitrogens with one attached hydrogen (secondary N) is 1. The fraction of sp³-hybridized carbons (Fsp3) is 0.385. The van der Waals surface area contributed by atoms with E-state index in [1.54, 1.807) is 0 Å². The predicted octanol–water partition coefficient (Wildman–Crippen LogP) is 2.93. The molecule has 0 aliphatic carbocycles. The van der Waals surface area contributed by atoms with E-state index in [1.165, 1.54) is 6.26 Å². The molecule has 1 amide bonds. The molecule has 4 rings (SSSR count). The zero-order chi connectivity index (χ0) is 23.8. The van der Waals surface area contributed by atoms with Gasteiger partial charge < -0.3 is 19.6 Å². The molecule has 1 saturated heterocycles. The van der Waals surface area contributed by atoms with Gasteiger partial charge in [0, 0.05) is 38.4 Å². The highest BCUT2D eigenvalue weighted by molar-refractivity contribution is 6.02.